The van der Waals surface area contributed by atoms with Gasteiger partial charge in [-0.15, -0.1) is 10.2 Å². The van der Waals surface area contributed by atoms with Crippen LogP contribution in [-0.4, -0.2) is 14.6 Å². The van der Waals surface area contributed by atoms with Crippen LogP contribution >= 0.6 is 0 Å². The van der Waals surface area contributed by atoms with Crippen LogP contribution in [0.4, 0.5) is 5.69 Å². The van der Waals surface area contributed by atoms with Gasteiger partial charge in [0.05, 0.1) is 6.26 Å². The Morgan fingerprint density at radius 2 is 2.13 bits per heavy atom. The first-order valence-corrected chi connectivity index (χ1v) is 4.49. The van der Waals surface area contributed by atoms with Crippen LogP contribution in [0, 0.1) is 0 Å². The molecule has 0 fully saturated rings. The maximum atomic E-state index is 5.70. The van der Waals surface area contributed by atoms with Crippen molar-refractivity contribution in [2.45, 2.75) is 0 Å². The van der Waals surface area contributed by atoms with Crippen molar-refractivity contribution in [3.8, 4) is 11.6 Å². The maximum absolute atomic E-state index is 5.70. The Bertz CT molecular complexity index is 597. The number of pyridine rings is 1. The fraction of sp³-hybridized carbons (Fsp3) is 0. The highest BCUT2D eigenvalue weighted by Crippen LogP contribution is 2.19. The van der Waals surface area contributed by atoms with E-state index in [1.807, 2.05) is 18.2 Å². The summed E-state index contributed by atoms with van der Waals surface area (Å²) in [5.74, 6) is 1.33. The molecule has 0 aromatic carbocycles. The fourth-order valence-electron chi connectivity index (χ4n) is 1.48. The van der Waals surface area contributed by atoms with Crippen LogP contribution in [0.25, 0.3) is 17.2 Å². The Labute approximate surface area is 85.1 Å². The van der Waals surface area contributed by atoms with Gasteiger partial charge in [-0.1, -0.05) is 0 Å². The van der Waals surface area contributed by atoms with Crippen molar-refractivity contribution in [2.75, 3.05) is 5.73 Å². The first kappa shape index (κ1) is 8.05. The number of fused-ring (bicyclic) bond motifs is 1. The molecule has 0 saturated carbocycles. The third-order valence-corrected chi connectivity index (χ3v) is 2.17. The number of aromatic nitrogens is 3. The van der Waals surface area contributed by atoms with Gasteiger partial charge in [-0.25, -0.2) is 0 Å². The largest absolute Gasteiger partial charge is 0.461 e. The molecule has 0 amide bonds. The van der Waals surface area contributed by atoms with Crippen molar-refractivity contribution in [3.05, 3.63) is 36.7 Å². The molecular formula is C10H8N4O. The van der Waals surface area contributed by atoms with Crippen molar-refractivity contribution in [3.63, 3.8) is 0 Å². The number of furan rings is 1. The molecule has 0 atom stereocenters. The molecular weight excluding hydrogens is 192 g/mol. The SMILES string of the molecule is Nc1ccc2nnc(-c3ccco3)n2c1. The van der Waals surface area contributed by atoms with Crippen molar-refractivity contribution in [1.29, 1.82) is 0 Å². The highest BCUT2D eigenvalue weighted by molar-refractivity contribution is 5.56. The van der Waals surface area contributed by atoms with Crippen LogP contribution < -0.4 is 5.73 Å². The average molecular weight is 200 g/mol. The summed E-state index contributed by atoms with van der Waals surface area (Å²) in [5.41, 5.74) is 7.11. The third-order valence-electron chi connectivity index (χ3n) is 2.17. The van der Waals surface area contributed by atoms with Gasteiger partial charge < -0.3 is 10.2 Å². The van der Waals surface area contributed by atoms with Crippen LogP contribution in [0.2, 0.25) is 0 Å². The maximum Gasteiger partial charge on any atom is 0.204 e. The van der Waals surface area contributed by atoms with Crippen molar-refractivity contribution < 1.29 is 4.42 Å². The predicted octanol–water partition coefficient (Wildman–Crippen LogP) is 1.57. The molecule has 0 aliphatic rings. The van der Waals surface area contributed by atoms with Gasteiger partial charge in [0, 0.05) is 11.9 Å². The van der Waals surface area contributed by atoms with Gasteiger partial charge in [0.15, 0.2) is 11.4 Å². The highest BCUT2D eigenvalue weighted by atomic mass is 16.3. The van der Waals surface area contributed by atoms with E-state index in [1.165, 1.54) is 0 Å². The van der Waals surface area contributed by atoms with Crippen molar-refractivity contribution in [1.82, 2.24) is 14.6 Å². The topological polar surface area (TPSA) is 69.3 Å². The molecule has 74 valence electrons. The Balaban J connectivity index is 2.32. The van der Waals surface area contributed by atoms with Gasteiger partial charge in [0.1, 0.15) is 0 Å². The zero-order chi connectivity index (χ0) is 10.3. The minimum Gasteiger partial charge on any atom is -0.461 e. The number of hydrogen-bond donors (Lipinski definition) is 1. The molecule has 15 heavy (non-hydrogen) atoms. The lowest BCUT2D eigenvalue weighted by Gasteiger charge is -1.97. The molecule has 5 heteroatoms. The average Bonchev–Trinajstić information content (AvgIpc) is 2.83. The van der Waals surface area contributed by atoms with E-state index >= 15 is 0 Å². The number of anilines is 1. The van der Waals surface area contributed by atoms with Crippen molar-refractivity contribution in [2.24, 2.45) is 0 Å². The van der Waals surface area contributed by atoms with Gasteiger partial charge >= 0.3 is 0 Å². The van der Waals surface area contributed by atoms with Gasteiger partial charge in [-0.2, -0.15) is 0 Å². The first-order valence-electron chi connectivity index (χ1n) is 4.49. The second-order valence-corrected chi connectivity index (χ2v) is 3.19. The number of rotatable bonds is 1. The number of hydrogen-bond acceptors (Lipinski definition) is 4. The predicted molar refractivity (Wildman–Crippen MR) is 55.1 cm³/mol. The highest BCUT2D eigenvalue weighted by Gasteiger charge is 2.09. The monoisotopic (exact) mass is 200 g/mol. The minimum atomic E-state index is 0.655. The third kappa shape index (κ3) is 1.17. The Kier molecular flexibility index (Phi) is 1.53. The molecule has 5 nitrogen and oxygen atoms in total. The summed E-state index contributed by atoms with van der Waals surface area (Å²) in [6, 6.07) is 7.24. The summed E-state index contributed by atoms with van der Waals surface area (Å²) >= 11 is 0. The second-order valence-electron chi connectivity index (χ2n) is 3.19. The standard InChI is InChI=1S/C10H8N4O/c11-7-3-4-9-12-13-10(14(9)6-7)8-2-1-5-15-8/h1-6H,11H2. The molecule has 0 bridgehead atoms. The van der Waals surface area contributed by atoms with E-state index < -0.39 is 0 Å². The van der Waals surface area contributed by atoms with E-state index in [4.69, 9.17) is 10.2 Å². The van der Waals surface area contributed by atoms with Gasteiger partial charge in [-0.3, -0.25) is 4.40 Å². The molecule has 0 spiro atoms. The van der Waals surface area contributed by atoms with Crippen LogP contribution in [0.5, 0.6) is 0 Å². The number of nitrogens with two attached hydrogens (primary N) is 1. The molecule has 0 aliphatic carbocycles. The Morgan fingerprint density at radius 3 is 2.93 bits per heavy atom. The smallest absolute Gasteiger partial charge is 0.204 e. The summed E-state index contributed by atoms with van der Waals surface area (Å²) in [4.78, 5) is 0. The van der Waals surface area contributed by atoms with Gasteiger partial charge in [0.2, 0.25) is 5.82 Å². The number of nitrogens with zero attached hydrogens (tertiary/aromatic N) is 3. The lowest BCUT2D eigenvalue weighted by atomic mass is 10.4. The minimum absolute atomic E-state index is 0.655. The summed E-state index contributed by atoms with van der Waals surface area (Å²) in [6.07, 6.45) is 3.37. The fourth-order valence-corrected chi connectivity index (χ4v) is 1.48. The molecule has 0 aliphatic heterocycles. The number of nitrogen functional groups attached to an aromatic ring is 1. The molecule has 3 rings (SSSR count). The molecule has 2 N–H and O–H groups in total. The Morgan fingerprint density at radius 1 is 1.20 bits per heavy atom. The molecule has 3 aromatic rings. The second kappa shape index (κ2) is 2.84. The van der Waals surface area contributed by atoms with Crippen LogP contribution in [0.3, 0.4) is 0 Å². The summed E-state index contributed by atoms with van der Waals surface area (Å²) in [6.45, 7) is 0. The zero-order valence-corrected chi connectivity index (χ0v) is 7.79. The van der Waals surface area contributed by atoms with E-state index in [-0.39, 0.29) is 0 Å². The van der Waals surface area contributed by atoms with Crippen molar-refractivity contribution >= 4 is 11.3 Å². The van der Waals surface area contributed by atoms with Gasteiger partial charge in [0.25, 0.3) is 0 Å². The first-order chi connectivity index (χ1) is 7.34. The summed E-state index contributed by atoms with van der Waals surface area (Å²) in [5, 5.41) is 8.06. The lowest BCUT2D eigenvalue weighted by Crippen LogP contribution is -1.92. The normalized spacial score (nSPS) is 10.9. The molecule has 3 aromatic heterocycles. The van der Waals surface area contributed by atoms with Crippen LogP contribution in [0.1, 0.15) is 0 Å². The molecule has 0 radical (unpaired) electrons. The molecule has 0 unspecified atom stereocenters. The van der Waals surface area contributed by atoms with E-state index in [2.05, 4.69) is 10.2 Å². The molecule has 0 saturated heterocycles. The van der Waals surface area contributed by atoms with Gasteiger partial charge in [-0.05, 0) is 24.3 Å². The van der Waals surface area contributed by atoms with E-state index in [0.29, 0.717) is 17.3 Å². The molecule has 3 heterocycles. The van der Waals surface area contributed by atoms with E-state index in [1.54, 1.807) is 22.9 Å². The van der Waals surface area contributed by atoms with Crippen LogP contribution in [-0.2, 0) is 0 Å². The van der Waals surface area contributed by atoms with Crippen LogP contribution in [0.15, 0.2) is 41.1 Å². The Hall–Kier alpha value is -2.30. The van der Waals surface area contributed by atoms with E-state index in [9.17, 15) is 0 Å². The van der Waals surface area contributed by atoms with E-state index in [0.717, 1.165) is 5.65 Å². The quantitative estimate of drug-likeness (QED) is 0.647. The summed E-state index contributed by atoms with van der Waals surface area (Å²) in [7, 11) is 0. The summed E-state index contributed by atoms with van der Waals surface area (Å²) < 4.78 is 7.06. The zero-order valence-electron chi connectivity index (χ0n) is 7.79. The lowest BCUT2D eigenvalue weighted by molar-refractivity contribution is 0.576.